The number of amides is 2. The summed E-state index contributed by atoms with van der Waals surface area (Å²) in [4.78, 5) is 39.8. The van der Waals surface area contributed by atoms with E-state index in [1.165, 1.54) is 23.7 Å². The van der Waals surface area contributed by atoms with Gasteiger partial charge in [-0.2, -0.15) is 5.10 Å². The van der Waals surface area contributed by atoms with Crippen LogP contribution in [-0.4, -0.2) is 91.0 Å². The van der Waals surface area contributed by atoms with Crippen molar-refractivity contribution in [2.24, 2.45) is 0 Å². The van der Waals surface area contributed by atoms with Crippen molar-refractivity contribution in [2.45, 2.75) is 0 Å². The van der Waals surface area contributed by atoms with Crippen LogP contribution in [0, 0.1) is 0 Å². The maximum absolute atomic E-state index is 12.4. The minimum Gasteiger partial charge on any atom is -0.493 e. The van der Waals surface area contributed by atoms with Crippen molar-refractivity contribution in [3.63, 3.8) is 0 Å². The maximum Gasteiger partial charge on any atom is 0.363 e. The third-order valence-electron chi connectivity index (χ3n) is 4.60. The topological polar surface area (TPSA) is 103 Å². The number of para-hydroxylation sites is 1. The van der Waals surface area contributed by atoms with E-state index in [0.717, 1.165) is 5.69 Å². The highest BCUT2D eigenvalue weighted by Crippen LogP contribution is 2.20. The minimum absolute atomic E-state index is 0.0406. The van der Waals surface area contributed by atoms with Gasteiger partial charge in [0.1, 0.15) is 0 Å². The number of ether oxygens (including phenoxy) is 3. The Balaban J connectivity index is 1.56. The van der Waals surface area contributed by atoms with E-state index < -0.39 is 18.5 Å². The predicted molar refractivity (Wildman–Crippen MR) is 105 cm³/mol. The van der Waals surface area contributed by atoms with Gasteiger partial charge in [-0.1, -0.05) is 18.2 Å². The van der Waals surface area contributed by atoms with Crippen molar-refractivity contribution in [1.29, 1.82) is 0 Å². The molecule has 0 aliphatic carbocycles. The number of hydrogen-bond donors (Lipinski definition) is 0. The molecule has 3 rings (SSSR count). The Kier molecular flexibility index (Phi) is 7.02. The SMILES string of the molecule is COc1cn(-c2ccccc2)nc1C(=O)OCC(=O)N(C)CC(=O)N1CCOCC1. The van der Waals surface area contributed by atoms with E-state index in [1.807, 2.05) is 30.3 Å². The van der Waals surface area contributed by atoms with Crippen molar-refractivity contribution < 1.29 is 28.6 Å². The van der Waals surface area contributed by atoms with Crippen LogP contribution in [-0.2, 0) is 19.1 Å². The molecule has 1 saturated heterocycles. The van der Waals surface area contributed by atoms with E-state index in [0.29, 0.717) is 26.3 Å². The van der Waals surface area contributed by atoms with Crippen LogP contribution in [0.15, 0.2) is 36.5 Å². The zero-order valence-corrected chi connectivity index (χ0v) is 16.9. The number of methoxy groups -OCH3 is 1. The number of likely N-dealkylation sites (N-methyl/N-ethyl adjacent to an activating group) is 1. The molecule has 2 amide bonds. The Hall–Kier alpha value is -3.40. The van der Waals surface area contributed by atoms with Crippen molar-refractivity contribution in [1.82, 2.24) is 19.6 Å². The van der Waals surface area contributed by atoms with Gasteiger partial charge in [0, 0.05) is 20.1 Å². The molecule has 2 aromatic rings. The van der Waals surface area contributed by atoms with Crippen LogP contribution >= 0.6 is 0 Å². The Bertz CT molecular complexity index is 892. The molecule has 30 heavy (non-hydrogen) atoms. The van der Waals surface area contributed by atoms with Crippen LogP contribution < -0.4 is 4.74 Å². The molecule has 0 atom stereocenters. The van der Waals surface area contributed by atoms with Gasteiger partial charge in [-0.25, -0.2) is 9.48 Å². The van der Waals surface area contributed by atoms with E-state index in [9.17, 15) is 14.4 Å². The summed E-state index contributed by atoms with van der Waals surface area (Å²) in [5, 5.41) is 4.20. The second kappa shape index (κ2) is 9.88. The largest absolute Gasteiger partial charge is 0.493 e. The monoisotopic (exact) mass is 416 g/mol. The van der Waals surface area contributed by atoms with Gasteiger partial charge < -0.3 is 24.0 Å². The second-order valence-electron chi connectivity index (χ2n) is 6.65. The lowest BCUT2D eigenvalue weighted by molar-refractivity contribution is -0.143. The lowest BCUT2D eigenvalue weighted by Gasteiger charge is -2.28. The minimum atomic E-state index is -0.789. The van der Waals surface area contributed by atoms with Crippen molar-refractivity contribution in [3.05, 3.63) is 42.2 Å². The van der Waals surface area contributed by atoms with Gasteiger partial charge in [0.25, 0.3) is 5.91 Å². The van der Waals surface area contributed by atoms with Crippen LogP contribution in [0.1, 0.15) is 10.5 Å². The highest BCUT2D eigenvalue weighted by Gasteiger charge is 2.24. The van der Waals surface area contributed by atoms with Crippen molar-refractivity contribution >= 4 is 17.8 Å². The fourth-order valence-electron chi connectivity index (χ4n) is 2.87. The summed E-state index contributed by atoms with van der Waals surface area (Å²) >= 11 is 0. The van der Waals surface area contributed by atoms with Gasteiger partial charge in [-0.3, -0.25) is 9.59 Å². The lowest BCUT2D eigenvalue weighted by Crippen LogP contribution is -2.46. The number of benzene rings is 1. The number of carbonyl (C=O) groups is 3. The normalized spacial score (nSPS) is 13.6. The molecular formula is C20H24N4O6. The van der Waals surface area contributed by atoms with Gasteiger partial charge in [0.15, 0.2) is 12.4 Å². The average Bonchev–Trinajstić information content (AvgIpc) is 3.23. The fourth-order valence-corrected chi connectivity index (χ4v) is 2.87. The Morgan fingerprint density at radius 2 is 1.87 bits per heavy atom. The van der Waals surface area contributed by atoms with Gasteiger partial charge in [-0.15, -0.1) is 0 Å². The number of nitrogens with zero attached hydrogens (tertiary/aromatic N) is 4. The summed E-state index contributed by atoms with van der Waals surface area (Å²) < 4.78 is 17.0. The molecule has 0 N–H and O–H groups in total. The van der Waals surface area contributed by atoms with Crippen LogP contribution in [0.3, 0.4) is 0 Å². The molecule has 160 valence electrons. The summed E-state index contributed by atoms with van der Waals surface area (Å²) in [6, 6.07) is 9.20. The Labute approximate surface area is 173 Å². The van der Waals surface area contributed by atoms with Crippen LogP contribution in [0.25, 0.3) is 5.69 Å². The molecule has 1 aliphatic rings. The molecule has 0 radical (unpaired) electrons. The first-order valence-corrected chi connectivity index (χ1v) is 9.45. The standard InChI is InChI=1S/C20H24N4O6/c1-22(13-17(25)23-8-10-29-11-9-23)18(26)14-30-20(27)19-16(28-2)12-24(21-19)15-6-4-3-5-7-15/h3-7,12H,8-11,13-14H2,1-2H3. The molecule has 0 saturated carbocycles. The number of aromatic nitrogens is 2. The molecule has 1 fully saturated rings. The molecule has 0 bridgehead atoms. The third-order valence-corrected chi connectivity index (χ3v) is 4.60. The van der Waals surface area contributed by atoms with E-state index in [4.69, 9.17) is 14.2 Å². The van der Waals surface area contributed by atoms with Crippen LogP contribution in [0.4, 0.5) is 0 Å². The zero-order chi connectivity index (χ0) is 21.5. The van der Waals surface area contributed by atoms with Gasteiger partial charge in [0.2, 0.25) is 11.6 Å². The van der Waals surface area contributed by atoms with Crippen molar-refractivity contribution in [3.8, 4) is 11.4 Å². The number of esters is 1. The van der Waals surface area contributed by atoms with E-state index in [1.54, 1.807) is 11.1 Å². The molecule has 0 unspecified atom stereocenters. The first-order valence-electron chi connectivity index (χ1n) is 9.45. The number of rotatable bonds is 7. The summed E-state index contributed by atoms with van der Waals surface area (Å²) in [7, 11) is 2.90. The maximum atomic E-state index is 12.4. The van der Waals surface area contributed by atoms with E-state index in [-0.39, 0.29) is 23.9 Å². The van der Waals surface area contributed by atoms with E-state index >= 15 is 0 Å². The molecular weight excluding hydrogens is 392 g/mol. The quantitative estimate of drug-likeness (QED) is 0.600. The van der Waals surface area contributed by atoms with Crippen LogP contribution in [0.5, 0.6) is 5.75 Å². The summed E-state index contributed by atoms with van der Waals surface area (Å²) in [5.41, 5.74) is 0.702. The second-order valence-corrected chi connectivity index (χ2v) is 6.65. The lowest BCUT2D eigenvalue weighted by atomic mass is 10.3. The number of carbonyl (C=O) groups excluding carboxylic acids is 3. The van der Waals surface area contributed by atoms with Gasteiger partial charge in [-0.05, 0) is 12.1 Å². The highest BCUT2D eigenvalue weighted by atomic mass is 16.5. The molecule has 10 nitrogen and oxygen atoms in total. The molecule has 10 heteroatoms. The molecule has 1 aromatic carbocycles. The average molecular weight is 416 g/mol. The Morgan fingerprint density at radius 3 is 2.53 bits per heavy atom. The highest BCUT2D eigenvalue weighted by molar-refractivity contribution is 5.92. The van der Waals surface area contributed by atoms with Gasteiger partial charge in [0.05, 0.1) is 38.8 Å². The zero-order valence-electron chi connectivity index (χ0n) is 16.9. The summed E-state index contributed by atoms with van der Waals surface area (Å²) in [5.74, 6) is -1.23. The predicted octanol–water partition coefficient (Wildman–Crippen LogP) is 0.355. The van der Waals surface area contributed by atoms with Crippen LogP contribution in [0.2, 0.25) is 0 Å². The molecule has 0 spiro atoms. The third kappa shape index (κ3) is 5.15. The van der Waals surface area contributed by atoms with E-state index in [2.05, 4.69) is 5.10 Å². The number of morpholine rings is 1. The molecule has 1 aromatic heterocycles. The molecule has 2 heterocycles. The number of hydrogen-bond acceptors (Lipinski definition) is 7. The molecule has 1 aliphatic heterocycles. The first-order chi connectivity index (χ1) is 14.5. The smallest absolute Gasteiger partial charge is 0.363 e. The fraction of sp³-hybridized carbons (Fsp3) is 0.400. The summed E-state index contributed by atoms with van der Waals surface area (Å²) in [6.45, 7) is 1.37. The van der Waals surface area contributed by atoms with Crippen molar-refractivity contribution in [2.75, 3.05) is 53.6 Å². The first kappa shape index (κ1) is 21.3. The Morgan fingerprint density at radius 1 is 1.17 bits per heavy atom. The van der Waals surface area contributed by atoms with Gasteiger partial charge >= 0.3 is 5.97 Å². The summed E-state index contributed by atoms with van der Waals surface area (Å²) in [6.07, 6.45) is 1.56.